The van der Waals surface area contributed by atoms with E-state index in [0.717, 1.165) is 68.8 Å². The van der Waals surface area contributed by atoms with Crippen molar-refractivity contribution in [1.29, 1.82) is 0 Å². The average molecular weight is 795 g/mol. The summed E-state index contributed by atoms with van der Waals surface area (Å²) in [6.07, 6.45) is 11.0. The molecule has 7 aliphatic carbocycles. The molecule has 2 saturated heterocycles. The number of phenols is 2. The van der Waals surface area contributed by atoms with Gasteiger partial charge >= 0.3 is 0 Å². The second-order valence-electron chi connectivity index (χ2n) is 21.4. The van der Waals surface area contributed by atoms with Crippen LogP contribution in [-0.4, -0.2) is 110 Å². The van der Waals surface area contributed by atoms with Crippen LogP contribution in [0.25, 0.3) is 0 Å². The Labute approximate surface area is 342 Å². The minimum absolute atomic E-state index is 0.0294. The summed E-state index contributed by atoms with van der Waals surface area (Å²) in [5.74, 6) is 2.33. The molecule has 6 bridgehead atoms. The van der Waals surface area contributed by atoms with Gasteiger partial charge in [0.15, 0.2) is 34.9 Å². The van der Waals surface area contributed by atoms with Crippen LogP contribution in [0.5, 0.6) is 23.0 Å². The van der Waals surface area contributed by atoms with Crippen molar-refractivity contribution >= 4 is 5.78 Å². The van der Waals surface area contributed by atoms with Gasteiger partial charge in [0, 0.05) is 73.1 Å². The van der Waals surface area contributed by atoms with E-state index in [-0.39, 0.29) is 51.6 Å². The maximum Gasteiger partial charge on any atom is 0.174 e. The monoisotopic (exact) mass is 794 g/mol. The van der Waals surface area contributed by atoms with Gasteiger partial charge in [-0.1, -0.05) is 39.0 Å². The molecule has 0 radical (unpaired) electrons. The number of aromatic hydroxyl groups is 2. The molecule has 13 rings (SSSR count). The second-order valence-corrected chi connectivity index (χ2v) is 21.4. The van der Waals surface area contributed by atoms with E-state index >= 15 is 0 Å². The largest absolute Gasteiger partial charge is 0.504 e. The Kier molecular flexibility index (Phi) is 7.70. The topological polar surface area (TPSA) is 132 Å². The highest BCUT2D eigenvalue weighted by Crippen LogP contribution is 2.78. The van der Waals surface area contributed by atoms with Crippen LogP contribution in [-0.2, 0) is 33.2 Å². The molecule has 2 aromatic rings. The number of methoxy groups -OCH3 is 1. The molecule has 4 aliphatic heterocycles. The number of nitrogens with zero attached hydrogens (tertiary/aromatic N) is 2. The number of hydrogen-bond donors (Lipinski definition) is 4. The zero-order valence-corrected chi connectivity index (χ0v) is 35.0. The fourth-order valence-electron chi connectivity index (χ4n) is 15.4. The van der Waals surface area contributed by atoms with Gasteiger partial charge in [-0.05, 0) is 112 Å². The van der Waals surface area contributed by atoms with Gasteiger partial charge in [-0.25, -0.2) is 0 Å². The van der Waals surface area contributed by atoms with Crippen LogP contribution in [0.2, 0.25) is 0 Å². The Morgan fingerprint density at radius 3 is 2.17 bits per heavy atom. The quantitative estimate of drug-likeness (QED) is 0.270. The minimum atomic E-state index is -1.00. The molecule has 2 aromatic carbocycles. The van der Waals surface area contributed by atoms with Crippen LogP contribution in [0.4, 0.5) is 0 Å². The lowest BCUT2D eigenvalue weighted by Gasteiger charge is -2.75. The van der Waals surface area contributed by atoms with E-state index in [4.69, 9.17) is 14.2 Å². The number of carbonyl (C=O) groups is 1. The van der Waals surface area contributed by atoms with Crippen molar-refractivity contribution in [3.8, 4) is 23.0 Å². The van der Waals surface area contributed by atoms with Gasteiger partial charge in [0.2, 0.25) is 0 Å². The summed E-state index contributed by atoms with van der Waals surface area (Å²) in [5.41, 5.74) is 1.04. The SMILES string of the molecule is C=CCN1CC[C@]23c4c5ccc(O)c4O[C@H]2C(=O)CC[C@@]3(O)[C@H]1C5.CO[C@@]12CC[C@@]3(C[C@@H]1[C@](C)(O)C(C)(C)C)[C@H]1Cc4ccc(O)c5c4[C@@]3(CCN1CC1CC1)[C@H]2O5. The Bertz CT molecular complexity index is 2130. The number of aliphatic hydroxyl groups is 2. The van der Waals surface area contributed by atoms with Crippen molar-refractivity contribution in [3.05, 3.63) is 59.2 Å². The normalized spacial score (nSPS) is 42.0. The van der Waals surface area contributed by atoms with E-state index in [1.165, 1.54) is 30.5 Å². The first-order chi connectivity index (χ1) is 27.5. The molecule has 0 unspecified atom stereocenters. The Hall–Kier alpha value is -3.15. The zero-order valence-electron chi connectivity index (χ0n) is 35.0. The molecule has 0 amide bonds. The highest BCUT2D eigenvalue weighted by atomic mass is 16.6. The highest BCUT2D eigenvalue weighted by Gasteiger charge is 2.82. The van der Waals surface area contributed by atoms with E-state index < -0.39 is 28.3 Å². The number of Topliss-reactive ketones (excluding diaryl/α,β-unsaturated/α-hetero) is 1. The van der Waals surface area contributed by atoms with Gasteiger partial charge in [-0.3, -0.25) is 14.6 Å². The van der Waals surface area contributed by atoms with Gasteiger partial charge < -0.3 is 34.6 Å². The second kappa shape index (κ2) is 11.8. The number of ketones is 1. The molecule has 4 heterocycles. The van der Waals surface area contributed by atoms with Gasteiger partial charge in [0.1, 0.15) is 11.7 Å². The third-order valence-corrected chi connectivity index (χ3v) is 18.6. The maximum atomic E-state index is 12.6. The fraction of sp³-hybridized carbons (Fsp3) is 0.688. The van der Waals surface area contributed by atoms with Crippen LogP contribution in [0.1, 0.15) is 108 Å². The first-order valence-corrected chi connectivity index (χ1v) is 22.2. The summed E-state index contributed by atoms with van der Waals surface area (Å²) in [7, 11) is 1.83. The van der Waals surface area contributed by atoms with Gasteiger partial charge in [-0.15, -0.1) is 6.58 Å². The van der Waals surface area contributed by atoms with Crippen LogP contribution in [0, 0.1) is 22.7 Å². The van der Waals surface area contributed by atoms with Crippen molar-refractivity contribution in [1.82, 2.24) is 9.80 Å². The van der Waals surface area contributed by atoms with Crippen molar-refractivity contribution < 1.29 is 39.4 Å². The molecule has 11 atom stereocenters. The van der Waals surface area contributed by atoms with Crippen LogP contribution in [0.3, 0.4) is 0 Å². The van der Waals surface area contributed by atoms with Crippen molar-refractivity contribution in [3.63, 3.8) is 0 Å². The zero-order chi connectivity index (χ0) is 40.6. The molecule has 10 nitrogen and oxygen atoms in total. The fourth-order valence-corrected chi connectivity index (χ4v) is 15.4. The molecule has 312 valence electrons. The summed E-state index contributed by atoms with van der Waals surface area (Å²) < 4.78 is 19.4. The summed E-state index contributed by atoms with van der Waals surface area (Å²) in [5, 5.41) is 45.3. The highest BCUT2D eigenvalue weighted by molar-refractivity contribution is 5.90. The number of piperidine rings is 2. The van der Waals surface area contributed by atoms with Gasteiger partial charge in [0.05, 0.1) is 16.6 Å². The lowest BCUT2D eigenvalue weighted by molar-refractivity contribution is -0.312. The van der Waals surface area contributed by atoms with Crippen LogP contribution in [0.15, 0.2) is 36.9 Å². The predicted octanol–water partition coefficient (Wildman–Crippen LogP) is 5.72. The number of likely N-dealkylation sites (tertiary alicyclic amines) is 2. The minimum Gasteiger partial charge on any atom is -0.504 e. The molecule has 0 aromatic heterocycles. The van der Waals surface area contributed by atoms with Crippen molar-refractivity contribution in [2.75, 3.05) is 33.3 Å². The summed E-state index contributed by atoms with van der Waals surface area (Å²) in [4.78, 5) is 17.7. The first kappa shape index (κ1) is 37.8. The number of benzene rings is 2. The van der Waals surface area contributed by atoms with Crippen molar-refractivity contribution in [2.24, 2.45) is 22.7 Å². The van der Waals surface area contributed by atoms with Crippen molar-refractivity contribution in [2.45, 2.75) is 150 Å². The third kappa shape index (κ3) is 4.25. The standard InChI is InChI=1S/C29H41NO4.C19H21NO4/c1-25(2,3)26(4,32)20-15-27-10-11-29(20,33-5)24-28(27)12-13-30(16-17-6-7-17)21(27)14-18-8-9-19(31)23(34-24)22(18)28;1-2-8-20-9-7-18-15-11-3-4-12(21)16(15)24-17(18)13(22)5-6-19(18,23)14(20)10-11/h8-9,17,20-21,24,31-32H,6-7,10-16H2,1-5H3;2-4,14,17,21,23H,1,5-10H2/t20-,21-,24-,26+,27-,28+,29+;14-,17+,18+,19-/m11/s1. The predicted molar refractivity (Wildman–Crippen MR) is 217 cm³/mol. The average Bonchev–Trinajstić information content (AvgIpc) is 3.82. The molecular weight excluding hydrogens is 733 g/mol. The lowest BCUT2D eigenvalue weighted by Crippen LogP contribution is -2.83. The van der Waals surface area contributed by atoms with Crippen LogP contribution < -0.4 is 9.47 Å². The molecule has 10 heteroatoms. The van der Waals surface area contributed by atoms with E-state index in [9.17, 15) is 25.2 Å². The first-order valence-electron chi connectivity index (χ1n) is 22.2. The van der Waals surface area contributed by atoms with Crippen LogP contribution >= 0.6 is 0 Å². The molecular formula is C48H62N2O8. The maximum absolute atomic E-state index is 12.6. The third-order valence-electron chi connectivity index (χ3n) is 18.6. The Balaban J connectivity index is 0.000000141. The number of fused-ring (bicyclic) bond motifs is 2. The molecule has 3 spiro atoms. The molecule has 58 heavy (non-hydrogen) atoms. The van der Waals surface area contributed by atoms with Gasteiger partial charge in [0.25, 0.3) is 0 Å². The summed E-state index contributed by atoms with van der Waals surface area (Å²) in [6, 6.07) is 7.98. The molecule has 4 N–H and O–H groups in total. The Morgan fingerprint density at radius 2 is 1.52 bits per heavy atom. The molecule has 7 fully saturated rings. The van der Waals surface area contributed by atoms with E-state index in [0.29, 0.717) is 43.2 Å². The molecule has 5 saturated carbocycles. The summed E-state index contributed by atoms with van der Waals surface area (Å²) >= 11 is 0. The smallest absolute Gasteiger partial charge is 0.174 e. The number of ether oxygens (including phenoxy) is 3. The number of phenolic OH excluding ortho intramolecular Hbond substituents is 2. The molecule has 11 aliphatic rings. The van der Waals surface area contributed by atoms with Gasteiger partial charge in [-0.2, -0.15) is 0 Å². The number of hydrogen-bond acceptors (Lipinski definition) is 10. The summed E-state index contributed by atoms with van der Waals surface area (Å²) in [6.45, 7) is 16.2. The van der Waals surface area contributed by atoms with E-state index in [1.807, 2.05) is 32.2 Å². The van der Waals surface area contributed by atoms with E-state index in [1.54, 1.807) is 6.07 Å². The Morgan fingerprint density at radius 1 is 0.879 bits per heavy atom. The lowest BCUT2D eigenvalue weighted by atomic mass is 9.33. The number of rotatable bonds is 6. The number of carbonyl (C=O) groups excluding carboxylic acids is 1. The van der Waals surface area contributed by atoms with E-state index in [2.05, 4.69) is 43.2 Å².